The molecule has 0 spiro atoms. The molecule has 0 bridgehead atoms. The Hall–Kier alpha value is -1.18. The number of piperidine rings is 1. The van der Waals surface area contributed by atoms with Gasteiger partial charge in [-0.3, -0.25) is 9.59 Å². The standard InChI is InChI=1S/C13H22N2O5/c16-12(17)3-7-20-10-1-5-15(6-2-10)13(18)11-9-19-8-4-14-11/h10-11,14H,1-9H2,(H,16,17). The average molecular weight is 286 g/mol. The number of carboxylic acids is 1. The van der Waals surface area contributed by atoms with Gasteiger partial charge in [0.2, 0.25) is 5.91 Å². The number of rotatable bonds is 5. The van der Waals surface area contributed by atoms with Crippen molar-refractivity contribution in [2.45, 2.75) is 31.4 Å². The predicted molar refractivity (Wildman–Crippen MR) is 70.4 cm³/mol. The molecule has 1 unspecified atom stereocenters. The molecule has 0 aliphatic carbocycles. The lowest BCUT2D eigenvalue weighted by Gasteiger charge is -2.35. The van der Waals surface area contributed by atoms with Gasteiger partial charge in [-0.25, -0.2) is 0 Å². The number of nitrogens with one attached hydrogen (secondary N) is 1. The van der Waals surface area contributed by atoms with E-state index in [1.54, 1.807) is 0 Å². The van der Waals surface area contributed by atoms with Crippen molar-refractivity contribution in [2.75, 3.05) is 39.5 Å². The van der Waals surface area contributed by atoms with Crippen molar-refractivity contribution in [3.05, 3.63) is 0 Å². The fraction of sp³-hybridized carbons (Fsp3) is 0.846. The normalized spacial score (nSPS) is 24.6. The molecule has 7 heteroatoms. The molecule has 1 atom stereocenters. The third-order valence-corrected chi connectivity index (χ3v) is 3.64. The van der Waals surface area contributed by atoms with Crippen molar-refractivity contribution < 1.29 is 24.2 Å². The van der Waals surface area contributed by atoms with Crippen LogP contribution in [0.15, 0.2) is 0 Å². The Labute approximate surface area is 118 Å². The first-order chi connectivity index (χ1) is 9.66. The molecule has 0 aromatic heterocycles. The van der Waals surface area contributed by atoms with E-state index >= 15 is 0 Å². The second-order valence-corrected chi connectivity index (χ2v) is 5.12. The number of hydrogen-bond donors (Lipinski definition) is 2. The summed E-state index contributed by atoms with van der Waals surface area (Å²) in [5.74, 6) is -0.755. The van der Waals surface area contributed by atoms with Crippen LogP contribution in [-0.2, 0) is 19.1 Å². The summed E-state index contributed by atoms with van der Waals surface area (Å²) < 4.78 is 10.8. The SMILES string of the molecule is O=C(O)CCOC1CCN(C(=O)C2COCCN2)CC1. The van der Waals surface area contributed by atoms with Crippen LogP contribution in [-0.4, -0.2) is 73.5 Å². The average Bonchev–Trinajstić information content (AvgIpc) is 2.48. The Morgan fingerprint density at radius 1 is 1.35 bits per heavy atom. The Morgan fingerprint density at radius 2 is 2.10 bits per heavy atom. The number of amides is 1. The van der Waals surface area contributed by atoms with E-state index in [1.165, 1.54) is 0 Å². The van der Waals surface area contributed by atoms with Crippen molar-refractivity contribution in [2.24, 2.45) is 0 Å². The van der Waals surface area contributed by atoms with Crippen LogP contribution in [0.3, 0.4) is 0 Å². The number of carbonyl (C=O) groups excluding carboxylic acids is 1. The molecular weight excluding hydrogens is 264 g/mol. The third-order valence-electron chi connectivity index (χ3n) is 3.64. The van der Waals surface area contributed by atoms with Gasteiger partial charge in [-0.05, 0) is 12.8 Å². The van der Waals surface area contributed by atoms with E-state index in [-0.39, 0.29) is 31.1 Å². The van der Waals surface area contributed by atoms with Gasteiger partial charge in [0, 0.05) is 19.6 Å². The number of aliphatic carboxylic acids is 1. The molecule has 2 N–H and O–H groups in total. The minimum absolute atomic E-state index is 0.0302. The zero-order valence-corrected chi connectivity index (χ0v) is 11.5. The van der Waals surface area contributed by atoms with Crippen LogP contribution < -0.4 is 5.32 Å². The molecule has 0 radical (unpaired) electrons. The summed E-state index contributed by atoms with van der Waals surface area (Å²) in [6.07, 6.45) is 1.62. The van der Waals surface area contributed by atoms with E-state index in [4.69, 9.17) is 14.6 Å². The number of carbonyl (C=O) groups is 2. The molecule has 2 saturated heterocycles. The van der Waals surface area contributed by atoms with E-state index in [0.29, 0.717) is 32.8 Å². The maximum atomic E-state index is 12.2. The number of hydrogen-bond acceptors (Lipinski definition) is 5. The van der Waals surface area contributed by atoms with Crippen molar-refractivity contribution in [1.29, 1.82) is 0 Å². The van der Waals surface area contributed by atoms with Crippen LogP contribution in [0.4, 0.5) is 0 Å². The molecule has 2 aliphatic heterocycles. The van der Waals surface area contributed by atoms with Crippen LogP contribution >= 0.6 is 0 Å². The first kappa shape index (κ1) is 15.2. The second-order valence-electron chi connectivity index (χ2n) is 5.12. The van der Waals surface area contributed by atoms with Gasteiger partial charge in [-0.2, -0.15) is 0 Å². The first-order valence-corrected chi connectivity index (χ1v) is 7.10. The van der Waals surface area contributed by atoms with Crippen LogP contribution in [0.5, 0.6) is 0 Å². The quantitative estimate of drug-likeness (QED) is 0.705. The summed E-state index contributed by atoms with van der Waals surface area (Å²) in [4.78, 5) is 24.5. The minimum Gasteiger partial charge on any atom is -0.481 e. The number of ether oxygens (including phenoxy) is 2. The van der Waals surface area contributed by atoms with E-state index in [0.717, 1.165) is 12.8 Å². The molecule has 2 rings (SSSR count). The number of nitrogens with zero attached hydrogens (tertiary/aromatic N) is 1. The summed E-state index contributed by atoms with van der Waals surface area (Å²) in [5, 5.41) is 11.7. The lowest BCUT2D eigenvalue weighted by Crippen LogP contribution is -2.54. The number of carboxylic acid groups (broad SMARTS) is 1. The molecule has 2 aliphatic rings. The molecule has 0 saturated carbocycles. The number of morpholine rings is 1. The maximum Gasteiger partial charge on any atom is 0.305 e. The summed E-state index contributed by atoms with van der Waals surface area (Å²) in [6, 6.07) is -0.228. The van der Waals surface area contributed by atoms with Gasteiger partial charge in [0.15, 0.2) is 0 Å². The molecular formula is C13H22N2O5. The van der Waals surface area contributed by atoms with Gasteiger partial charge in [-0.1, -0.05) is 0 Å². The highest BCUT2D eigenvalue weighted by Crippen LogP contribution is 2.15. The highest BCUT2D eigenvalue weighted by Gasteiger charge is 2.29. The lowest BCUT2D eigenvalue weighted by molar-refractivity contribution is -0.140. The van der Waals surface area contributed by atoms with Crippen molar-refractivity contribution >= 4 is 11.9 Å². The molecule has 114 valence electrons. The molecule has 1 amide bonds. The largest absolute Gasteiger partial charge is 0.481 e. The molecule has 2 heterocycles. The zero-order chi connectivity index (χ0) is 14.4. The first-order valence-electron chi connectivity index (χ1n) is 7.10. The van der Waals surface area contributed by atoms with E-state index < -0.39 is 5.97 Å². The predicted octanol–water partition coefficient (Wildman–Crippen LogP) is -0.543. The smallest absolute Gasteiger partial charge is 0.305 e. The Morgan fingerprint density at radius 3 is 2.70 bits per heavy atom. The Kier molecular flexibility index (Phi) is 5.75. The molecule has 7 nitrogen and oxygen atoms in total. The van der Waals surface area contributed by atoms with Gasteiger partial charge in [0.1, 0.15) is 6.04 Å². The minimum atomic E-state index is -0.846. The van der Waals surface area contributed by atoms with Crippen molar-refractivity contribution in [1.82, 2.24) is 10.2 Å². The van der Waals surface area contributed by atoms with Crippen LogP contribution in [0.25, 0.3) is 0 Å². The van der Waals surface area contributed by atoms with Crippen LogP contribution in [0, 0.1) is 0 Å². The van der Waals surface area contributed by atoms with Crippen LogP contribution in [0.1, 0.15) is 19.3 Å². The highest BCUT2D eigenvalue weighted by molar-refractivity contribution is 5.82. The van der Waals surface area contributed by atoms with Gasteiger partial charge in [0.25, 0.3) is 0 Å². The summed E-state index contributed by atoms with van der Waals surface area (Å²) >= 11 is 0. The van der Waals surface area contributed by atoms with Crippen molar-refractivity contribution in [3.8, 4) is 0 Å². The van der Waals surface area contributed by atoms with Gasteiger partial charge in [-0.15, -0.1) is 0 Å². The topological polar surface area (TPSA) is 88.1 Å². The number of likely N-dealkylation sites (tertiary alicyclic amines) is 1. The summed E-state index contributed by atoms with van der Waals surface area (Å²) in [5.41, 5.74) is 0. The molecule has 20 heavy (non-hydrogen) atoms. The second kappa shape index (κ2) is 7.56. The highest BCUT2D eigenvalue weighted by atomic mass is 16.5. The third kappa shape index (κ3) is 4.43. The summed E-state index contributed by atoms with van der Waals surface area (Å²) in [7, 11) is 0. The molecule has 0 aromatic carbocycles. The fourth-order valence-corrected chi connectivity index (χ4v) is 2.50. The van der Waals surface area contributed by atoms with Gasteiger partial charge < -0.3 is 24.8 Å². The van der Waals surface area contributed by atoms with E-state index in [9.17, 15) is 9.59 Å². The fourth-order valence-electron chi connectivity index (χ4n) is 2.50. The Balaban J connectivity index is 1.68. The van der Waals surface area contributed by atoms with Gasteiger partial charge >= 0.3 is 5.97 Å². The zero-order valence-electron chi connectivity index (χ0n) is 11.5. The van der Waals surface area contributed by atoms with E-state index in [1.807, 2.05) is 4.90 Å². The summed E-state index contributed by atoms with van der Waals surface area (Å²) in [6.45, 7) is 3.37. The van der Waals surface area contributed by atoms with Crippen LogP contribution in [0.2, 0.25) is 0 Å². The van der Waals surface area contributed by atoms with E-state index in [2.05, 4.69) is 5.32 Å². The maximum absolute atomic E-state index is 12.2. The Bertz CT molecular complexity index is 336. The monoisotopic (exact) mass is 286 g/mol. The van der Waals surface area contributed by atoms with Gasteiger partial charge in [0.05, 0.1) is 32.3 Å². The molecule has 0 aromatic rings. The molecule has 2 fully saturated rings. The van der Waals surface area contributed by atoms with Crippen molar-refractivity contribution in [3.63, 3.8) is 0 Å². The lowest BCUT2D eigenvalue weighted by atomic mass is 10.1.